The lowest BCUT2D eigenvalue weighted by Crippen LogP contribution is -2.74. The van der Waals surface area contributed by atoms with E-state index >= 15 is 0 Å². The number of aromatic nitrogens is 5. The number of likely N-dealkylation sites (tertiary alicyclic amines) is 1. The van der Waals surface area contributed by atoms with E-state index < -0.39 is 29.0 Å². The highest BCUT2D eigenvalue weighted by Crippen LogP contribution is 2.55. The summed E-state index contributed by atoms with van der Waals surface area (Å²) < 4.78 is 14.3. The Morgan fingerprint density at radius 1 is 0.903 bits per heavy atom. The molecule has 2 aliphatic heterocycles. The third kappa shape index (κ3) is 9.87. The van der Waals surface area contributed by atoms with Gasteiger partial charge in [0.05, 0.1) is 63.7 Å². The van der Waals surface area contributed by atoms with Gasteiger partial charge in [-0.1, -0.05) is 77.4 Å². The minimum Gasteiger partial charge on any atom is -0.489 e. The molecule has 16 nitrogen and oxygen atoms in total. The summed E-state index contributed by atoms with van der Waals surface area (Å²) in [5, 5.41) is 31.3. The lowest BCUT2D eigenvalue weighted by molar-refractivity contribution is -0.164. The fourth-order valence-electron chi connectivity index (χ4n) is 10.8. The number of ether oxygens (including phenoxy) is 2. The van der Waals surface area contributed by atoms with E-state index in [4.69, 9.17) is 21.1 Å². The minimum atomic E-state index is -0.840. The van der Waals surface area contributed by atoms with Gasteiger partial charge in [0.1, 0.15) is 41.9 Å². The number of benzene rings is 2. The number of carbonyl (C=O) groups is 3. The minimum absolute atomic E-state index is 0.0453. The van der Waals surface area contributed by atoms with E-state index in [0.29, 0.717) is 40.9 Å². The first-order valence-electron chi connectivity index (χ1n) is 24.2. The lowest BCUT2D eigenvalue weighted by Gasteiger charge is -2.63. The molecule has 3 fully saturated rings. The van der Waals surface area contributed by atoms with Crippen LogP contribution in [0.5, 0.6) is 11.6 Å². The summed E-state index contributed by atoms with van der Waals surface area (Å²) in [6.45, 7) is 17.2. The normalized spacial score (nSPS) is 21.0. The second kappa shape index (κ2) is 20.0. The maximum Gasteiger partial charge on any atom is 0.253 e. The fraction of sp³-hybridized carbons (Fsp3) is 0.407. The number of aliphatic hydroxyl groups excluding tert-OH is 1. The van der Waals surface area contributed by atoms with Crippen LogP contribution in [0.15, 0.2) is 97.0 Å². The van der Waals surface area contributed by atoms with Gasteiger partial charge in [-0.15, -0.1) is 11.3 Å². The number of pyridine rings is 2. The van der Waals surface area contributed by atoms with Gasteiger partial charge in [-0.2, -0.15) is 10.4 Å². The Bertz CT molecular complexity index is 3000. The standard InChI is InChI=1S/C54H59ClN10O6S/c1-30(2)46(50(69)64-26-39(66)20-43(64)49(68)61-31(3)33-9-11-34(12-10-33)47-32(4)59-29-72-47)65-25-38(24-60-65)35-17-18-57-45(19-35)70-41-27-63(28-41)44-16-14-37(23-58-44)48(67)62-51-53(5,6)52(54(51,7)8)71-40-15-13-36(22-56)42(55)21-40/h9-19,21,23-25,29-31,39,41,43,46,51-52,66H,20,26-28H2,1-8H3,(H,61,68)(H,62,67)/t31-,39+,43?,46-,51-,52-/m0/s1. The Morgan fingerprint density at radius 2 is 1.65 bits per heavy atom. The second-order valence-corrected chi connectivity index (χ2v) is 21.9. The van der Waals surface area contributed by atoms with Crippen molar-refractivity contribution in [1.82, 2.24) is 40.3 Å². The van der Waals surface area contributed by atoms with Crippen LogP contribution in [-0.4, -0.2) is 102 Å². The number of carbonyl (C=O) groups excluding carboxylic acids is 3. The van der Waals surface area contributed by atoms with Gasteiger partial charge in [0.15, 0.2) is 0 Å². The number of anilines is 1. The van der Waals surface area contributed by atoms with Crippen molar-refractivity contribution >= 4 is 46.5 Å². The molecule has 374 valence electrons. The molecule has 6 heterocycles. The summed E-state index contributed by atoms with van der Waals surface area (Å²) in [7, 11) is 0. The summed E-state index contributed by atoms with van der Waals surface area (Å²) >= 11 is 7.85. The smallest absolute Gasteiger partial charge is 0.253 e. The van der Waals surface area contributed by atoms with Crippen molar-refractivity contribution in [3.8, 4) is 39.3 Å². The number of halogens is 1. The van der Waals surface area contributed by atoms with E-state index in [9.17, 15) is 24.8 Å². The predicted octanol–water partition coefficient (Wildman–Crippen LogP) is 8.21. The maximum atomic E-state index is 14.4. The molecular weight excluding hydrogens is 952 g/mol. The van der Waals surface area contributed by atoms with Crippen LogP contribution in [0.3, 0.4) is 0 Å². The highest BCUT2D eigenvalue weighted by atomic mass is 35.5. The van der Waals surface area contributed by atoms with Crippen molar-refractivity contribution < 1.29 is 29.0 Å². The third-order valence-corrected chi connectivity index (χ3v) is 15.7. The topological polar surface area (TPSA) is 201 Å². The summed E-state index contributed by atoms with van der Waals surface area (Å²) in [4.78, 5) is 59.8. The molecular formula is C54H59ClN10O6S. The van der Waals surface area contributed by atoms with Crippen LogP contribution in [0.4, 0.5) is 5.82 Å². The zero-order valence-electron chi connectivity index (χ0n) is 41.5. The van der Waals surface area contributed by atoms with Crippen molar-refractivity contribution in [2.75, 3.05) is 24.5 Å². The molecule has 6 aromatic rings. The summed E-state index contributed by atoms with van der Waals surface area (Å²) in [5.41, 5.74) is 6.36. The van der Waals surface area contributed by atoms with Crippen molar-refractivity contribution in [1.29, 1.82) is 5.26 Å². The Balaban J connectivity index is 0.776. The number of hydrogen-bond acceptors (Lipinski definition) is 13. The van der Waals surface area contributed by atoms with Crippen LogP contribution in [0.1, 0.15) is 94.1 Å². The molecule has 3 amide bonds. The Hall–Kier alpha value is -6.87. The average Bonchev–Trinajstić information content (AvgIpc) is 4.11. The zero-order valence-corrected chi connectivity index (χ0v) is 43.1. The van der Waals surface area contributed by atoms with Crippen LogP contribution >= 0.6 is 22.9 Å². The average molecular weight is 1010 g/mol. The summed E-state index contributed by atoms with van der Waals surface area (Å²) in [6.07, 6.45) is 5.70. The summed E-state index contributed by atoms with van der Waals surface area (Å²) in [6, 6.07) is 20.3. The number of thiazole rings is 1. The monoisotopic (exact) mass is 1010 g/mol. The van der Waals surface area contributed by atoms with Crippen LogP contribution in [-0.2, 0) is 9.59 Å². The van der Waals surface area contributed by atoms with Crippen molar-refractivity contribution in [3.63, 3.8) is 0 Å². The molecule has 3 aliphatic rings. The number of β-amino-alcohol motifs (C(OH)–C–C–N with tert-alkyl or cyclic N) is 1. The van der Waals surface area contributed by atoms with Crippen molar-refractivity contribution in [2.45, 2.75) is 104 Å². The largest absolute Gasteiger partial charge is 0.489 e. The first kappa shape index (κ1) is 50.1. The molecule has 9 rings (SSSR count). The van der Waals surface area contributed by atoms with Crippen molar-refractivity contribution in [2.24, 2.45) is 16.7 Å². The highest BCUT2D eigenvalue weighted by Gasteiger charge is 2.64. The van der Waals surface area contributed by atoms with Crippen LogP contribution in [0.25, 0.3) is 21.6 Å². The molecule has 1 unspecified atom stereocenters. The van der Waals surface area contributed by atoms with Crippen LogP contribution < -0.4 is 25.0 Å². The zero-order chi connectivity index (χ0) is 51.2. The number of aliphatic hydroxyl groups is 1. The maximum absolute atomic E-state index is 14.4. The molecule has 18 heteroatoms. The van der Waals surface area contributed by atoms with E-state index in [0.717, 1.165) is 38.6 Å². The number of nitriles is 1. The molecule has 4 atom stereocenters. The molecule has 0 bridgehead atoms. The number of nitrogens with zero attached hydrogens (tertiary/aromatic N) is 8. The lowest BCUT2D eigenvalue weighted by atomic mass is 9.49. The van der Waals surface area contributed by atoms with E-state index in [1.165, 1.54) is 4.90 Å². The molecule has 4 aromatic heterocycles. The van der Waals surface area contributed by atoms with Gasteiger partial charge in [0, 0.05) is 66.1 Å². The fourth-order valence-corrected chi connectivity index (χ4v) is 11.8. The molecule has 0 spiro atoms. The van der Waals surface area contributed by atoms with Gasteiger partial charge in [-0.05, 0) is 66.8 Å². The van der Waals surface area contributed by atoms with Gasteiger partial charge in [-0.25, -0.2) is 15.0 Å². The number of rotatable bonds is 15. The first-order chi connectivity index (χ1) is 34.3. The number of nitrogens with one attached hydrogen (secondary N) is 2. The van der Waals surface area contributed by atoms with Crippen molar-refractivity contribution in [3.05, 3.63) is 124 Å². The van der Waals surface area contributed by atoms with Gasteiger partial charge in [0.25, 0.3) is 5.91 Å². The molecule has 2 saturated heterocycles. The third-order valence-electron chi connectivity index (χ3n) is 14.4. The predicted molar refractivity (Wildman–Crippen MR) is 275 cm³/mol. The Morgan fingerprint density at radius 3 is 2.31 bits per heavy atom. The molecule has 3 N–H and O–H groups in total. The summed E-state index contributed by atoms with van der Waals surface area (Å²) in [5.74, 6) is 0.723. The first-order valence-corrected chi connectivity index (χ1v) is 25.4. The second-order valence-electron chi connectivity index (χ2n) is 20.6. The Labute approximate surface area is 428 Å². The molecule has 1 aliphatic carbocycles. The molecule has 2 aromatic carbocycles. The Kier molecular flexibility index (Phi) is 13.9. The quantitative estimate of drug-likeness (QED) is 0.0892. The SMILES string of the molecule is Cc1ncsc1-c1ccc([C@H](C)NC(=O)C2C[C@@H](O)CN2C(=O)[C@H](C(C)C)n2cc(-c3ccnc(OC4CN(c5ccc(C(=O)N[C@H]6C(C)(C)[C@H](Oc7ccc(C#N)c(Cl)c7)C6(C)C)cn5)C4)c3)cn2)cc1. The van der Waals surface area contributed by atoms with Gasteiger partial charge < -0.3 is 35.0 Å². The van der Waals surface area contributed by atoms with E-state index in [2.05, 4.69) is 69.3 Å². The van der Waals surface area contributed by atoms with Gasteiger partial charge in [0.2, 0.25) is 17.7 Å². The number of amides is 3. The number of aryl methyl sites for hydroxylation is 1. The molecule has 72 heavy (non-hydrogen) atoms. The van der Waals surface area contributed by atoms with E-state index in [1.54, 1.807) is 58.9 Å². The van der Waals surface area contributed by atoms with Gasteiger partial charge >= 0.3 is 0 Å². The van der Waals surface area contributed by atoms with E-state index in [1.807, 2.05) is 81.9 Å². The van der Waals surface area contributed by atoms with Crippen LogP contribution in [0.2, 0.25) is 5.02 Å². The molecule has 0 radical (unpaired) electrons. The van der Waals surface area contributed by atoms with Crippen LogP contribution in [0, 0.1) is 35.0 Å². The highest BCUT2D eigenvalue weighted by molar-refractivity contribution is 7.13. The molecule has 1 saturated carbocycles. The van der Waals surface area contributed by atoms with Gasteiger partial charge in [-0.3, -0.25) is 19.1 Å². The van der Waals surface area contributed by atoms with E-state index in [-0.39, 0.29) is 60.9 Å². The number of hydrogen-bond donors (Lipinski definition) is 3.